The normalized spacial score (nSPS) is 12.3. The van der Waals surface area contributed by atoms with Crippen molar-refractivity contribution in [3.63, 3.8) is 0 Å². The molecule has 0 N–H and O–H groups in total. The fourth-order valence-electron chi connectivity index (χ4n) is 5.15. The van der Waals surface area contributed by atoms with Gasteiger partial charge in [0.25, 0.3) is 0 Å². The van der Waals surface area contributed by atoms with E-state index in [1.54, 1.807) is 0 Å². The molecule has 0 spiro atoms. The molecule has 0 aliphatic carbocycles. The van der Waals surface area contributed by atoms with Gasteiger partial charge in [-0.1, -0.05) is 6.07 Å². The zero-order valence-corrected chi connectivity index (χ0v) is 22.6. The summed E-state index contributed by atoms with van der Waals surface area (Å²) in [6.07, 6.45) is 1.91. The molecule has 7 aromatic rings. The van der Waals surface area contributed by atoms with Gasteiger partial charge in [0.15, 0.2) is 0 Å². The van der Waals surface area contributed by atoms with E-state index in [0.717, 1.165) is 61.0 Å². The van der Waals surface area contributed by atoms with Crippen molar-refractivity contribution in [1.82, 2.24) is 14.5 Å². The van der Waals surface area contributed by atoms with Crippen LogP contribution in [0.2, 0.25) is 17.3 Å². The molecule has 0 saturated carbocycles. The Balaban J connectivity index is 1.59. The number of furan rings is 1. The Morgan fingerprint density at radius 1 is 0.750 bits per heavy atom. The maximum atomic E-state index is 6.60. The Morgan fingerprint density at radius 3 is 2.36 bits per heavy atom. The number of para-hydroxylation sites is 2. The van der Waals surface area contributed by atoms with Gasteiger partial charge >= 0.3 is 206 Å². The van der Waals surface area contributed by atoms with Crippen LogP contribution in [0, 0.1) is 0 Å². The van der Waals surface area contributed by atoms with Crippen LogP contribution in [-0.4, -0.2) is 27.8 Å². The molecule has 0 unspecified atom stereocenters. The van der Waals surface area contributed by atoms with Gasteiger partial charge in [-0.25, -0.2) is 0 Å². The van der Waals surface area contributed by atoms with Crippen LogP contribution in [0.4, 0.5) is 0 Å². The van der Waals surface area contributed by atoms with Gasteiger partial charge in [-0.2, -0.15) is 0 Å². The van der Waals surface area contributed by atoms with Crippen molar-refractivity contribution < 1.29 is 4.42 Å². The summed E-state index contributed by atoms with van der Waals surface area (Å²) in [7, 11) is 0. The molecule has 36 heavy (non-hydrogen) atoms. The number of rotatable bonds is 3. The van der Waals surface area contributed by atoms with E-state index >= 15 is 0 Å². The minimum atomic E-state index is -1.99. The summed E-state index contributed by atoms with van der Waals surface area (Å²) in [6, 6.07) is 31.9. The van der Waals surface area contributed by atoms with Crippen molar-refractivity contribution in [2.75, 3.05) is 0 Å². The summed E-state index contributed by atoms with van der Waals surface area (Å²) >= 11 is -1.99. The summed E-state index contributed by atoms with van der Waals surface area (Å²) in [5.41, 5.74) is 5.55. The number of pyridine rings is 1. The molecule has 4 nitrogen and oxygen atoms in total. The molecule has 0 saturated heterocycles. The van der Waals surface area contributed by atoms with E-state index in [-0.39, 0.29) is 0 Å². The molecule has 4 aromatic carbocycles. The number of hydrogen-bond acceptors (Lipinski definition) is 3. The zero-order chi connectivity index (χ0) is 24.4. The van der Waals surface area contributed by atoms with Crippen molar-refractivity contribution in [2.45, 2.75) is 17.3 Å². The Bertz CT molecular complexity index is 1930. The zero-order valence-electron chi connectivity index (χ0n) is 20.5. The molecule has 0 atom stereocenters. The van der Waals surface area contributed by atoms with Crippen LogP contribution >= 0.6 is 0 Å². The van der Waals surface area contributed by atoms with E-state index in [2.05, 4.69) is 101 Å². The molecule has 3 heterocycles. The van der Waals surface area contributed by atoms with Crippen LogP contribution in [0.3, 0.4) is 0 Å². The third-order valence-electron chi connectivity index (χ3n) is 7.02. The quantitative estimate of drug-likeness (QED) is 0.221. The third kappa shape index (κ3) is 3.21. The van der Waals surface area contributed by atoms with Crippen LogP contribution in [0.15, 0.2) is 102 Å². The van der Waals surface area contributed by atoms with Crippen LogP contribution in [0.1, 0.15) is 0 Å². The van der Waals surface area contributed by atoms with Crippen molar-refractivity contribution in [3.05, 3.63) is 97.2 Å². The predicted octanol–water partition coefficient (Wildman–Crippen LogP) is 7.69. The first-order valence-corrected chi connectivity index (χ1v) is 19.6. The number of hydrogen-bond donors (Lipinski definition) is 0. The molecule has 174 valence electrons. The molecule has 7 rings (SSSR count). The molecular formula is C31H25GeN3O. The van der Waals surface area contributed by atoms with Gasteiger partial charge in [0.2, 0.25) is 0 Å². The molecule has 3 aromatic heterocycles. The number of nitrogens with zero attached hydrogens (tertiary/aromatic N) is 3. The summed E-state index contributed by atoms with van der Waals surface area (Å²) in [4.78, 5) is 9.83. The van der Waals surface area contributed by atoms with Gasteiger partial charge in [0.05, 0.1) is 0 Å². The van der Waals surface area contributed by atoms with Crippen molar-refractivity contribution >= 4 is 61.5 Å². The monoisotopic (exact) mass is 529 g/mol. The summed E-state index contributed by atoms with van der Waals surface area (Å²) in [6.45, 7) is 0. The second-order valence-electron chi connectivity index (χ2n) is 10.4. The van der Waals surface area contributed by atoms with Crippen molar-refractivity contribution in [2.24, 2.45) is 0 Å². The van der Waals surface area contributed by atoms with E-state index in [1.807, 2.05) is 18.3 Å². The van der Waals surface area contributed by atoms with Crippen LogP contribution in [0.25, 0.3) is 61.0 Å². The van der Waals surface area contributed by atoms with Crippen LogP contribution in [-0.2, 0) is 0 Å². The molecule has 5 heteroatoms. The number of fused-ring (bicyclic) bond motifs is 6. The second-order valence-corrected chi connectivity index (χ2v) is 21.0. The predicted molar refractivity (Wildman–Crippen MR) is 152 cm³/mol. The Labute approximate surface area is 211 Å². The standard InChI is InChI=1S/C31H25GeN3O/c1-32(2,3)21-16-17-24-25-14-9-15-26(29(25)36-27(24)18-21)31-34-30-28(35(31)22-11-5-4-6-12-22)23-13-8-7-10-20(23)19-33-30/h4-19H,1-3H3. The van der Waals surface area contributed by atoms with Crippen LogP contribution < -0.4 is 4.40 Å². The SMILES string of the molecule is [CH3][Ge]([CH3])([CH3])[c]1ccc2c(c1)oc1c(-c3nc4ncc5ccccc5c4n3-c3ccccc3)cccc12. The Hall–Kier alpha value is -3.90. The fourth-order valence-corrected chi connectivity index (χ4v) is 7.55. The first-order chi connectivity index (χ1) is 17.5. The number of benzene rings is 4. The molecule has 0 aliphatic heterocycles. The van der Waals surface area contributed by atoms with E-state index in [1.165, 1.54) is 4.40 Å². The van der Waals surface area contributed by atoms with Crippen molar-refractivity contribution in [1.29, 1.82) is 0 Å². The third-order valence-corrected chi connectivity index (χ3v) is 11.3. The van der Waals surface area contributed by atoms with E-state index in [0.29, 0.717) is 0 Å². The van der Waals surface area contributed by atoms with E-state index in [4.69, 9.17) is 14.4 Å². The topological polar surface area (TPSA) is 43.9 Å². The maximum absolute atomic E-state index is 6.60. The fraction of sp³-hybridized carbons (Fsp3) is 0.0968. The summed E-state index contributed by atoms with van der Waals surface area (Å²) in [5.74, 6) is 8.07. The first kappa shape index (κ1) is 21.4. The van der Waals surface area contributed by atoms with E-state index in [9.17, 15) is 0 Å². The van der Waals surface area contributed by atoms with Crippen molar-refractivity contribution in [3.8, 4) is 17.1 Å². The van der Waals surface area contributed by atoms with Gasteiger partial charge < -0.3 is 0 Å². The number of aromatic nitrogens is 3. The molecule has 0 aliphatic rings. The van der Waals surface area contributed by atoms with Crippen LogP contribution in [0.5, 0.6) is 0 Å². The average Bonchev–Trinajstić information content (AvgIpc) is 3.47. The van der Waals surface area contributed by atoms with E-state index < -0.39 is 13.3 Å². The molecule has 0 radical (unpaired) electrons. The van der Waals surface area contributed by atoms with Gasteiger partial charge in [0.1, 0.15) is 0 Å². The van der Waals surface area contributed by atoms with Gasteiger partial charge in [0, 0.05) is 0 Å². The minimum absolute atomic E-state index is 0.726. The summed E-state index contributed by atoms with van der Waals surface area (Å²) < 4.78 is 10.3. The van der Waals surface area contributed by atoms with Gasteiger partial charge in [-0.15, -0.1) is 0 Å². The summed E-state index contributed by atoms with van der Waals surface area (Å²) in [5, 5.41) is 4.48. The Kier molecular flexibility index (Phi) is 4.64. The van der Waals surface area contributed by atoms with Gasteiger partial charge in [-0.3, -0.25) is 0 Å². The Morgan fingerprint density at radius 2 is 1.53 bits per heavy atom. The number of imidazole rings is 1. The first-order valence-electron chi connectivity index (χ1n) is 12.3. The van der Waals surface area contributed by atoms with Gasteiger partial charge in [-0.05, 0) is 0 Å². The average molecular weight is 528 g/mol. The molecule has 0 amide bonds. The second kappa shape index (κ2) is 7.80. The molecule has 0 bridgehead atoms. The molecular weight excluding hydrogens is 503 g/mol. The molecule has 0 fully saturated rings.